The first-order chi connectivity index (χ1) is 20.9. The number of nitrogens with two attached hydrogens (primary N) is 2. The highest BCUT2D eigenvalue weighted by Crippen LogP contribution is 2.14. The third kappa shape index (κ3) is 20.6. The van der Waals surface area contributed by atoms with Crippen molar-refractivity contribution in [3.05, 3.63) is 18.2 Å². The van der Waals surface area contributed by atoms with Crippen LogP contribution < -0.4 is 27.4 Å². The lowest BCUT2D eigenvalue weighted by molar-refractivity contribution is -0.131. The van der Waals surface area contributed by atoms with Gasteiger partial charge < -0.3 is 32.4 Å². The Labute approximate surface area is 258 Å². The second kappa shape index (κ2) is 25.5. The van der Waals surface area contributed by atoms with Crippen LogP contribution in [0.2, 0.25) is 0 Å². The van der Waals surface area contributed by atoms with Gasteiger partial charge in [-0.05, 0) is 25.7 Å². The molecule has 0 aliphatic heterocycles. The van der Waals surface area contributed by atoms with E-state index in [1.165, 1.54) is 89.8 Å². The minimum atomic E-state index is -0.933. The van der Waals surface area contributed by atoms with Crippen molar-refractivity contribution in [3.8, 4) is 0 Å². The fourth-order valence-electron chi connectivity index (χ4n) is 5.08. The van der Waals surface area contributed by atoms with Crippen molar-refractivity contribution in [2.24, 2.45) is 11.5 Å². The van der Waals surface area contributed by atoms with Gasteiger partial charge in [-0.1, -0.05) is 96.8 Å². The fraction of sp³-hybridized carbons (Fsp3) is 0.781. The largest absolute Gasteiger partial charge is 0.368 e. The molecular formula is C32H59N7O4. The van der Waals surface area contributed by atoms with E-state index in [9.17, 15) is 19.2 Å². The maximum absolute atomic E-state index is 12.8. The standard InChI is InChI=1S/C32H59N7O4/c1-2-3-4-5-6-7-8-9-10-11-12-13-14-15-16-20-29(40)36-21-18-17-19-27(31(34)42)39-32(43)28(38-30(41)23-33)22-26-24-35-25-37-26/h24-25,27-28H,2-23,33H2,1H3,(H2,34,42)(H,35,37)(H,36,40)(H,38,41)(H,39,43)/t27-,28-/m0/s1. The first kappa shape index (κ1) is 38.1. The lowest BCUT2D eigenvalue weighted by Crippen LogP contribution is -2.54. The number of aromatic nitrogens is 2. The molecule has 0 aliphatic rings. The van der Waals surface area contributed by atoms with E-state index in [0.717, 1.165) is 12.8 Å². The first-order valence-corrected chi connectivity index (χ1v) is 16.7. The van der Waals surface area contributed by atoms with Gasteiger partial charge in [0.1, 0.15) is 12.1 Å². The van der Waals surface area contributed by atoms with Crippen molar-refractivity contribution >= 4 is 23.6 Å². The molecule has 0 aliphatic carbocycles. The van der Waals surface area contributed by atoms with Crippen LogP contribution in [-0.2, 0) is 25.6 Å². The highest BCUT2D eigenvalue weighted by molar-refractivity contribution is 5.92. The molecule has 0 bridgehead atoms. The van der Waals surface area contributed by atoms with E-state index in [4.69, 9.17) is 11.5 Å². The highest BCUT2D eigenvalue weighted by Gasteiger charge is 2.26. The molecule has 4 amide bonds. The van der Waals surface area contributed by atoms with Gasteiger partial charge in [-0.15, -0.1) is 0 Å². The normalized spacial score (nSPS) is 12.4. The molecule has 8 N–H and O–H groups in total. The number of nitrogens with one attached hydrogen (secondary N) is 4. The maximum atomic E-state index is 12.8. The summed E-state index contributed by atoms with van der Waals surface area (Å²) in [7, 11) is 0. The Bertz CT molecular complexity index is 879. The molecule has 0 saturated carbocycles. The fourth-order valence-corrected chi connectivity index (χ4v) is 5.08. The first-order valence-electron chi connectivity index (χ1n) is 16.7. The van der Waals surface area contributed by atoms with E-state index < -0.39 is 29.8 Å². The summed E-state index contributed by atoms with van der Waals surface area (Å²) in [4.78, 5) is 55.6. The predicted octanol–water partition coefficient (Wildman–Crippen LogP) is 3.91. The third-order valence-corrected chi connectivity index (χ3v) is 7.73. The molecular weight excluding hydrogens is 546 g/mol. The topological polar surface area (TPSA) is 185 Å². The molecule has 2 atom stereocenters. The minimum Gasteiger partial charge on any atom is -0.368 e. The Hall–Kier alpha value is -2.95. The summed E-state index contributed by atoms with van der Waals surface area (Å²) >= 11 is 0. The molecule has 1 heterocycles. The Balaban J connectivity index is 2.10. The number of rotatable bonds is 28. The van der Waals surface area contributed by atoms with Gasteiger partial charge in [0.2, 0.25) is 23.6 Å². The summed E-state index contributed by atoms with van der Waals surface area (Å²) in [6.45, 7) is 2.50. The number of hydrogen-bond donors (Lipinski definition) is 6. The number of carbonyl (C=O) groups excluding carboxylic acids is 4. The lowest BCUT2D eigenvalue weighted by Gasteiger charge is -2.21. The van der Waals surface area contributed by atoms with Gasteiger partial charge in [-0.3, -0.25) is 19.2 Å². The zero-order valence-electron chi connectivity index (χ0n) is 26.6. The number of hydrogen-bond acceptors (Lipinski definition) is 6. The number of carbonyl (C=O) groups is 4. The number of primary amides is 1. The van der Waals surface area contributed by atoms with Gasteiger partial charge in [-0.2, -0.15) is 0 Å². The van der Waals surface area contributed by atoms with Crippen LogP contribution in [0, 0.1) is 0 Å². The van der Waals surface area contributed by atoms with Crippen LogP contribution in [0.15, 0.2) is 12.5 Å². The third-order valence-electron chi connectivity index (χ3n) is 7.73. The van der Waals surface area contributed by atoms with E-state index in [1.807, 2.05) is 0 Å². The smallest absolute Gasteiger partial charge is 0.243 e. The number of amides is 4. The monoisotopic (exact) mass is 605 g/mol. The van der Waals surface area contributed by atoms with Crippen molar-refractivity contribution in [3.63, 3.8) is 0 Å². The minimum absolute atomic E-state index is 0.0479. The van der Waals surface area contributed by atoms with Gasteiger partial charge in [0, 0.05) is 31.3 Å². The van der Waals surface area contributed by atoms with Gasteiger partial charge >= 0.3 is 0 Å². The number of aromatic amines is 1. The summed E-state index contributed by atoms with van der Waals surface area (Å²) in [6.07, 6.45) is 24.7. The summed E-state index contributed by atoms with van der Waals surface area (Å²) in [5, 5.41) is 8.14. The molecule has 43 heavy (non-hydrogen) atoms. The Kier molecular flexibility index (Phi) is 22.6. The predicted molar refractivity (Wildman–Crippen MR) is 171 cm³/mol. The molecule has 1 rings (SSSR count). The summed E-state index contributed by atoms with van der Waals surface area (Å²) in [5.74, 6) is -1.63. The number of H-pyrrole nitrogens is 1. The summed E-state index contributed by atoms with van der Waals surface area (Å²) in [5.41, 5.74) is 11.5. The van der Waals surface area contributed by atoms with Gasteiger partial charge in [0.15, 0.2) is 0 Å². The molecule has 11 nitrogen and oxygen atoms in total. The molecule has 0 radical (unpaired) electrons. The zero-order chi connectivity index (χ0) is 31.5. The van der Waals surface area contributed by atoms with E-state index >= 15 is 0 Å². The Morgan fingerprint density at radius 2 is 1.35 bits per heavy atom. The average Bonchev–Trinajstić information content (AvgIpc) is 3.51. The van der Waals surface area contributed by atoms with Crippen LogP contribution in [0.25, 0.3) is 0 Å². The van der Waals surface area contributed by atoms with E-state index in [1.54, 1.807) is 6.20 Å². The molecule has 0 aromatic carbocycles. The van der Waals surface area contributed by atoms with E-state index in [0.29, 0.717) is 37.9 Å². The average molecular weight is 606 g/mol. The number of nitrogens with zero attached hydrogens (tertiary/aromatic N) is 1. The quantitative estimate of drug-likeness (QED) is 0.0786. The molecule has 0 saturated heterocycles. The van der Waals surface area contributed by atoms with Crippen LogP contribution >= 0.6 is 0 Å². The Morgan fingerprint density at radius 1 is 0.767 bits per heavy atom. The van der Waals surface area contributed by atoms with Crippen molar-refractivity contribution in [2.45, 2.75) is 147 Å². The number of unbranched alkanes of at least 4 members (excludes halogenated alkanes) is 15. The maximum Gasteiger partial charge on any atom is 0.243 e. The van der Waals surface area contributed by atoms with Crippen molar-refractivity contribution in [1.29, 1.82) is 0 Å². The SMILES string of the molecule is CCCCCCCCCCCCCCCCCC(=O)NCCCC[C@H](NC(=O)[C@H](Cc1cnc[nH]1)NC(=O)CN)C(N)=O. The molecule has 1 aromatic rings. The van der Waals surface area contributed by atoms with Gasteiger partial charge in [-0.25, -0.2) is 4.98 Å². The van der Waals surface area contributed by atoms with E-state index in [-0.39, 0.29) is 18.9 Å². The van der Waals surface area contributed by atoms with Crippen LogP contribution in [0.1, 0.15) is 135 Å². The Morgan fingerprint density at radius 3 is 1.86 bits per heavy atom. The van der Waals surface area contributed by atoms with Gasteiger partial charge in [0.25, 0.3) is 0 Å². The summed E-state index contributed by atoms with van der Waals surface area (Å²) < 4.78 is 0. The zero-order valence-corrected chi connectivity index (χ0v) is 26.6. The molecule has 246 valence electrons. The lowest BCUT2D eigenvalue weighted by atomic mass is 10.0. The van der Waals surface area contributed by atoms with Gasteiger partial charge in [0.05, 0.1) is 12.9 Å². The number of imidazole rings is 1. The van der Waals surface area contributed by atoms with Crippen molar-refractivity contribution in [2.75, 3.05) is 13.1 Å². The molecule has 0 spiro atoms. The highest BCUT2D eigenvalue weighted by atomic mass is 16.2. The summed E-state index contributed by atoms with van der Waals surface area (Å²) in [6, 6.07) is -1.82. The molecule has 1 aromatic heterocycles. The van der Waals surface area contributed by atoms with Crippen molar-refractivity contribution in [1.82, 2.24) is 25.9 Å². The second-order valence-electron chi connectivity index (χ2n) is 11.6. The molecule has 11 heteroatoms. The van der Waals surface area contributed by atoms with Crippen LogP contribution in [0.4, 0.5) is 0 Å². The molecule has 0 fully saturated rings. The second-order valence-corrected chi connectivity index (χ2v) is 11.6. The van der Waals surface area contributed by atoms with Crippen LogP contribution in [-0.4, -0.2) is 58.8 Å². The van der Waals surface area contributed by atoms with E-state index in [2.05, 4.69) is 32.8 Å². The molecule has 0 unspecified atom stereocenters. The van der Waals surface area contributed by atoms with Crippen LogP contribution in [0.3, 0.4) is 0 Å². The van der Waals surface area contributed by atoms with Crippen LogP contribution in [0.5, 0.6) is 0 Å². The van der Waals surface area contributed by atoms with Crippen molar-refractivity contribution < 1.29 is 19.2 Å².